The van der Waals surface area contributed by atoms with Gasteiger partial charge in [0.15, 0.2) is 5.82 Å². The van der Waals surface area contributed by atoms with Gasteiger partial charge >= 0.3 is 0 Å². The molecule has 1 aromatic heterocycles. The molecule has 1 aliphatic carbocycles. The number of carbonyl (C=O) groups excluding carboxylic acids is 3. The summed E-state index contributed by atoms with van der Waals surface area (Å²) >= 11 is 0. The molecule has 216 valence electrons. The Bertz CT molecular complexity index is 1250. The summed E-state index contributed by atoms with van der Waals surface area (Å²) in [6, 6.07) is 17.4. The standard InChI is InChI=1S/C28H34N6O4.2ClH/c1-28(2,29)27(37)32-22(17-38-16-19-9-5-3-6-10-19)25(35)33-23-15-34(18-30-23)24(20-11-7-4-8-12-20)26(36)31-21-13-14-21;;/h3-12,15,18,21-22,24H,13-14,16-17,29H2,1-2H3,(H,31,36)(H,32,37)(H,33,35);2*1H/t22-,24?;;/m1../s1. The zero-order valence-electron chi connectivity index (χ0n) is 22.4. The van der Waals surface area contributed by atoms with Crippen LogP contribution in [-0.2, 0) is 25.7 Å². The van der Waals surface area contributed by atoms with E-state index >= 15 is 0 Å². The van der Waals surface area contributed by atoms with Gasteiger partial charge in [0.1, 0.15) is 12.1 Å². The van der Waals surface area contributed by atoms with Gasteiger partial charge in [-0.1, -0.05) is 60.7 Å². The first kappa shape index (κ1) is 32.8. The van der Waals surface area contributed by atoms with Crippen molar-refractivity contribution in [3.63, 3.8) is 0 Å². The Balaban J connectivity index is 0.00000280. The molecule has 5 N–H and O–H groups in total. The molecular formula is C28H36Cl2N6O4. The summed E-state index contributed by atoms with van der Waals surface area (Å²) in [4.78, 5) is 43.1. The van der Waals surface area contributed by atoms with E-state index in [-0.39, 0.29) is 55.8 Å². The van der Waals surface area contributed by atoms with Crippen LogP contribution in [0.25, 0.3) is 0 Å². The lowest BCUT2D eigenvalue weighted by molar-refractivity contribution is -0.130. The number of rotatable bonds is 12. The highest BCUT2D eigenvalue weighted by Gasteiger charge is 2.31. The molecule has 3 aromatic rings. The van der Waals surface area contributed by atoms with Gasteiger partial charge < -0.3 is 31.0 Å². The van der Waals surface area contributed by atoms with E-state index in [0.29, 0.717) is 0 Å². The molecule has 2 aromatic carbocycles. The molecule has 2 atom stereocenters. The van der Waals surface area contributed by atoms with E-state index in [9.17, 15) is 14.4 Å². The molecule has 0 bridgehead atoms. The Hall–Kier alpha value is -3.44. The van der Waals surface area contributed by atoms with E-state index in [2.05, 4.69) is 20.9 Å². The first-order chi connectivity index (χ1) is 18.2. The minimum absolute atomic E-state index is 0. The van der Waals surface area contributed by atoms with E-state index < -0.39 is 29.4 Å². The van der Waals surface area contributed by atoms with E-state index in [1.165, 1.54) is 6.33 Å². The third-order valence-corrected chi connectivity index (χ3v) is 6.04. The lowest BCUT2D eigenvalue weighted by Gasteiger charge is -2.23. The topological polar surface area (TPSA) is 140 Å². The average Bonchev–Trinajstić information content (AvgIpc) is 3.59. The van der Waals surface area contributed by atoms with Crippen molar-refractivity contribution in [3.8, 4) is 0 Å². The minimum Gasteiger partial charge on any atom is -0.374 e. The van der Waals surface area contributed by atoms with Gasteiger partial charge in [0.2, 0.25) is 11.8 Å². The molecule has 1 saturated carbocycles. The number of ether oxygens (including phenoxy) is 1. The fourth-order valence-corrected chi connectivity index (χ4v) is 3.75. The van der Waals surface area contributed by atoms with Crippen LogP contribution < -0.4 is 21.7 Å². The fourth-order valence-electron chi connectivity index (χ4n) is 3.75. The number of nitrogens with one attached hydrogen (secondary N) is 3. The Morgan fingerprint density at radius 3 is 2.25 bits per heavy atom. The summed E-state index contributed by atoms with van der Waals surface area (Å²) in [6.45, 7) is 3.32. The lowest BCUT2D eigenvalue weighted by Crippen LogP contribution is -2.56. The molecule has 0 saturated heterocycles. The van der Waals surface area contributed by atoms with Crippen LogP contribution in [-0.4, -0.2) is 51.5 Å². The van der Waals surface area contributed by atoms with Crippen molar-refractivity contribution in [1.29, 1.82) is 0 Å². The highest BCUT2D eigenvalue weighted by Crippen LogP contribution is 2.24. The number of hydrogen-bond donors (Lipinski definition) is 4. The third kappa shape index (κ3) is 9.34. The van der Waals surface area contributed by atoms with Crippen LogP contribution in [0.2, 0.25) is 0 Å². The Morgan fingerprint density at radius 1 is 1.02 bits per heavy atom. The Labute approximate surface area is 246 Å². The van der Waals surface area contributed by atoms with Crippen LogP contribution in [0.3, 0.4) is 0 Å². The van der Waals surface area contributed by atoms with Gasteiger partial charge in [-0.15, -0.1) is 24.8 Å². The van der Waals surface area contributed by atoms with Crippen LogP contribution >= 0.6 is 24.8 Å². The zero-order valence-corrected chi connectivity index (χ0v) is 24.0. The Morgan fingerprint density at radius 2 is 1.65 bits per heavy atom. The zero-order chi connectivity index (χ0) is 27.1. The molecule has 0 spiro atoms. The molecule has 10 nitrogen and oxygen atoms in total. The fraction of sp³-hybridized carbons (Fsp3) is 0.357. The van der Waals surface area contributed by atoms with Crippen molar-refractivity contribution >= 4 is 48.4 Å². The molecule has 1 fully saturated rings. The van der Waals surface area contributed by atoms with Gasteiger partial charge in [-0.05, 0) is 37.8 Å². The number of amides is 3. The van der Waals surface area contributed by atoms with Crippen LogP contribution in [0.15, 0.2) is 73.2 Å². The second-order valence-corrected chi connectivity index (χ2v) is 10.0. The first-order valence-corrected chi connectivity index (χ1v) is 12.6. The number of anilines is 1. The number of carbonyl (C=O) groups is 3. The number of benzene rings is 2. The number of hydrogen-bond acceptors (Lipinski definition) is 6. The third-order valence-electron chi connectivity index (χ3n) is 6.04. The van der Waals surface area contributed by atoms with Gasteiger partial charge in [0.25, 0.3) is 5.91 Å². The molecule has 0 radical (unpaired) electrons. The minimum atomic E-state index is -1.18. The molecule has 40 heavy (non-hydrogen) atoms. The largest absolute Gasteiger partial charge is 0.374 e. The maximum atomic E-state index is 13.2. The van der Waals surface area contributed by atoms with Gasteiger partial charge in [-0.3, -0.25) is 14.4 Å². The van der Waals surface area contributed by atoms with E-state index in [1.54, 1.807) is 24.6 Å². The molecule has 0 aliphatic heterocycles. The number of imidazole rings is 1. The SMILES string of the molecule is CC(C)(N)C(=O)N[C@H](COCc1ccccc1)C(=O)Nc1cn(C(C(=O)NC2CC2)c2ccccc2)cn1.Cl.Cl. The van der Waals surface area contributed by atoms with Gasteiger partial charge in [-0.2, -0.15) is 0 Å². The van der Waals surface area contributed by atoms with Gasteiger partial charge in [0, 0.05) is 12.2 Å². The van der Waals surface area contributed by atoms with Gasteiger partial charge in [-0.25, -0.2) is 4.98 Å². The number of nitrogens with zero attached hydrogens (tertiary/aromatic N) is 2. The first-order valence-electron chi connectivity index (χ1n) is 12.6. The summed E-state index contributed by atoms with van der Waals surface area (Å²) in [5.74, 6) is -0.907. The van der Waals surface area contributed by atoms with E-state index in [4.69, 9.17) is 10.5 Å². The van der Waals surface area contributed by atoms with Crippen LogP contribution in [0.5, 0.6) is 0 Å². The Kier molecular flexibility index (Phi) is 12.1. The molecule has 1 heterocycles. The van der Waals surface area contributed by atoms with Crippen molar-refractivity contribution in [1.82, 2.24) is 20.2 Å². The van der Waals surface area contributed by atoms with Crippen molar-refractivity contribution in [2.75, 3.05) is 11.9 Å². The predicted octanol–water partition coefficient (Wildman–Crippen LogP) is 2.97. The molecule has 1 unspecified atom stereocenters. The molecule has 3 amide bonds. The average molecular weight is 592 g/mol. The van der Waals surface area contributed by atoms with Gasteiger partial charge in [0.05, 0.1) is 25.1 Å². The van der Waals surface area contributed by atoms with Crippen molar-refractivity contribution in [2.24, 2.45) is 5.73 Å². The lowest BCUT2D eigenvalue weighted by atomic mass is 10.1. The number of halogens is 2. The van der Waals surface area contributed by atoms with Crippen LogP contribution in [0.4, 0.5) is 5.82 Å². The maximum Gasteiger partial charge on any atom is 0.250 e. The van der Waals surface area contributed by atoms with Crippen molar-refractivity contribution in [2.45, 2.75) is 57.0 Å². The van der Waals surface area contributed by atoms with Crippen LogP contribution in [0.1, 0.15) is 43.9 Å². The summed E-state index contributed by atoms with van der Waals surface area (Å²) in [6.07, 6.45) is 5.04. The molecule has 1 aliphatic rings. The molecule has 4 rings (SSSR count). The second kappa shape index (κ2) is 14.8. The quantitative estimate of drug-likeness (QED) is 0.255. The van der Waals surface area contributed by atoms with Crippen molar-refractivity contribution in [3.05, 3.63) is 84.3 Å². The summed E-state index contributed by atoms with van der Waals surface area (Å²) in [7, 11) is 0. The van der Waals surface area contributed by atoms with E-state index in [0.717, 1.165) is 24.0 Å². The normalized spacial score (nSPS) is 14.1. The summed E-state index contributed by atoms with van der Waals surface area (Å²) in [5.41, 5.74) is 6.47. The van der Waals surface area contributed by atoms with Crippen LogP contribution in [0, 0.1) is 0 Å². The monoisotopic (exact) mass is 590 g/mol. The molecule has 12 heteroatoms. The molecular weight excluding hydrogens is 555 g/mol. The summed E-state index contributed by atoms with van der Waals surface area (Å²) in [5, 5.41) is 8.43. The second-order valence-electron chi connectivity index (χ2n) is 10.0. The van der Waals surface area contributed by atoms with Crippen molar-refractivity contribution < 1.29 is 19.1 Å². The van der Waals surface area contributed by atoms with E-state index in [1.807, 2.05) is 60.7 Å². The highest BCUT2D eigenvalue weighted by atomic mass is 35.5. The maximum absolute atomic E-state index is 13.2. The highest BCUT2D eigenvalue weighted by molar-refractivity contribution is 5.98. The number of aromatic nitrogens is 2. The number of nitrogens with two attached hydrogens (primary N) is 1. The summed E-state index contributed by atoms with van der Waals surface area (Å²) < 4.78 is 7.39. The predicted molar refractivity (Wildman–Crippen MR) is 157 cm³/mol. The smallest absolute Gasteiger partial charge is 0.250 e.